The van der Waals surface area contributed by atoms with Crippen LogP contribution < -0.4 is 0 Å². The lowest BCUT2D eigenvalue weighted by Crippen LogP contribution is -2.37. The highest BCUT2D eigenvalue weighted by Crippen LogP contribution is 2.66. The van der Waals surface area contributed by atoms with Gasteiger partial charge in [0.25, 0.3) is 5.69 Å². The number of benzene rings is 2. The number of hydrogen-bond acceptors (Lipinski definition) is 7. The third-order valence-corrected chi connectivity index (χ3v) is 12.4. The second-order valence-corrected chi connectivity index (χ2v) is 17.0. The lowest BCUT2D eigenvalue weighted by molar-refractivity contribution is -0.385. The predicted octanol–water partition coefficient (Wildman–Crippen LogP) is 11.0. The number of nitrogens with zero attached hydrogens (tertiary/aromatic N) is 1. The fraction of sp³-hybridized carbons (Fsp3) is 0.618. The van der Waals surface area contributed by atoms with Gasteiger partial charge in [0.2, 0.25) is 5.85 Å². The van der Waals surface area contributed by atoms with E-state index in [9.17, 15) is 14.9 Å². The predicted molar refractivity (Wildman–Crippen MR) is 180 cm³/mol. The van der Waals surface area contributed by atoms with Crippen LogP contribution in [0.2, 0.25) is 5.02 Å². The summed E-state index contributed by atoms with van der Waals surface area (Å²) in [5, 5.41) is 12.0. The van der Waals surface area contributed by atoms with Crippen LogP contribution in [0.3, 0.4) is 0 Å². The fourth-order valence-electron chi connectivity index (χ4n) is 6.92. The normalized spacial score (nSPS) is 26.5. The van der Waals surface area contributed by atoms with Crippen molar-refractivity contribution in [1.82, 2.24) is 0 Å². The molecule has 2 aliphatic carbocycles. The molecule has 45 heavy (non-hydrogen) atoms. The van der Waals surface area contributed by atoms with E-state index in [2.05, 4.69) is 57.5 Å². The van der Waals surface area contributed by atoms with Crippen LogP contribution in [0.1, 0.15) is 102 Å². The molecule has 2 fully saturated rings. The van der Waals surface area contributed by atoms with E-state index in [-0.39, 0.29) is 46.5 Å². The third-order valence-electron chi connectivity index (χ3n) is 9.52. The number of hydrogen-bond donors (Lipinski definition) is 0. The Hall–Kier alpha value is -1.77. The van der Waals surface area contributed by atoms with Gasteiger partial charge >= 0.3 is 13.6 Å². The summed E-state index contributed by atoms with van der Waals surface area (Å²) in [6.07, 6.45) is 4.61. The molecule has 248 valence electrons. The van der Waals surface area contributed by atoms with Crippen molar-refractivity contribution in [2.45, 2.75) is 98.1 Å². The minimum Gasteiger partial charge on any atom is -0.441 e. The average Bonchev–Trinajstić information content (AvgIpc) is 2.96. The summed E-state index contributed by atoms with van der Waals surface area (Å²) < 4.78 is 36.0. The molecule has 0 aliphatic heterocycles. The zero-order valence-electron chi connectivity index (χ0n) is 27.0. The number of carbonyl (C=O) groups is 1. The third kappa shape index (κ3) is 8.98. The summed E-state index contributed by atoms with van der Waals surface area (Å²) in [6, 6.07) is 10.7. The van der Waals surface area contributed by atoms with Crippen LogP contribution >= 0.6 is 35.1 Å². The first kappa shape index (κ1) is 36.1. The Kier molecular flexibility index (Phi) is 12.4. The monoisotopic (exact) mass is 725 g/mol. The molecule has 4 rings (SSSR count). The number of esters is 1. The minimum atomic E-state index is -4.29. The molecule has 0 heterocycles. The van der Waals surface area contributed by atoms with Gasteiger partial charge in [0, 0.05) is 21.1 Å². The first-order valence-corrected chi connectivity index (χ1v) is 18.8. The molecule has 0 bridgehead atoms. The Morgan fingerprint density at radius 1 is 0.911 bits per heavy atom. The quantitative estimate of drug-likeness (QED) is 0.0982. The highest BCUT2D eigenvalue weighted by atomic mass is 79.9. The molecular formula is C34H46BrClNO7P. The van der Waals surface area contributed by atoms with Crippen LogP contribution in [-0.4, -0.2) is 23.1 Å². The van der Waals surface area contributed by atoms with Gasteiger partial charge < -0.3 is 13.8 Å². The molecule has 7 atom stereocenters. The van der Waals surface area contributed by atoms with Gasteiger partial charge in [0.1, 0.15) is 5.56 Å². The van der Waals surface area contributed by atoms with Crippen molar-refractivity contribution in [2.24, 2.45) is 35.5 Å². The molecule has 2 aromatic carbocycles. The largest absolute Gasteiger partial charge is 0.441 e. The second kappa shape index (κ2) is 15.4. The molecule has 2 aromatic rings. The number of carbonyl (C=O) groups excluding carboxylic acids is 1. The van der Waals surface area contributed by atoms with Crippen LogP contribution in [0.4, 0.5) is 5.69 Å². The summed E-state index contributed by atoms with van der Waals surface area (Å²) in [7, 11) is -4.29. The van der Waals surface area contributed by atoms with Gasteiger partial charge in [-0.15, -0.1) is 0 Å². The zero-order valence-corrected chi connectivity index (χ0v) is 30.2. The Labute approximate surface area is 280 Å². The van der Waals surface area contributed by atoms with Crippen molar-refractivity contribution in [2.75, 3.05) is 0 Å². The topological polar surface area (TPSA) is 105 Å². The summed E-state index contributed by atoms with van der Waals surface area (Å²) in [5.41, 5.74) is -0.377. The number of ether oxygens (including phenoxy) is 1. The van der Waals surface area contributed by atoms with Crippen molar-refractivity contribution in [3.8, 4) is 0 Å². The molecule has 11 heteroatoms. The van der Waals surface area contributed by atoms with E-state index in [0.717, 1.165) is 36.2 Å². The molecule has 0 spiro atoms. The SMILES string of the molecule is CC(C)[C@H]1CC[C@@H](C)C[C@H]1OP(=O)(O[C@@H]1C[C@H](C)CC[C@@H]1C(C)C)[C@H](OC(=O)c1ccc(Cl)cc1[N+](=O)[O-])c1ccc(Br)cc1. The molecule has 2 aliphatic rings. The van der Waals surface area contributed by atoms with E-state index >= 15 is 4.57 Å². The van der Waals surface area contributed by atoms with Crippen LogP contribution in [0, 0.1) is 45.6 Å². The lowest BCUT2D eigenvalue weighted by atomic mass is 9.75. The van der Waals surface area contributed by atoms with Gasteiger partial charge in [-0.2, -0.15) is 0 Å². The smallest absolute Gasteiger partial charge is 0.376 e. The molecule has 0 unspecified atom stereocenters. The van der Waals surface area contributed by atoms with E-state index in [1.54, 1.807) is 24.3 Å². The summed E-state index contributed by atoms with van der Waals surface area (Å²) in [4.78, 5) is 25.0. The summed E-state index contributed by atoms with van der Waals surface area (Å²) in [6.45, 7) is 12.9. The Morgan fingerprint density at radius 2 is 1.42 bits per heavy atom. The van der Waals surface area contributed by atoms with Crippen LogP contribution in [0.25, 0.3) is 0 Å². The molecule has 0 amide bonds. The van der Waals surface area contributed by atoms with Crippen LogP contribution in [-0.2, 0) is 18.3 Å². The molecule has 0 saturated heterocycles. The highest BCUT2D eigenvalue weighted by Gasteiger charge is 2.49. The second-order valence-electron chi connectivity index (χ2n) is 13.7. The van der Waals surface area contributed by atoms with Crippen LogP contribution in [0.5, 0.6) is 0 Å². The van der Waals surface area contributed by atoms with Crippen molar-refractivity contribution >= 4 is 46.8 Å². The summed E-state index contributed by atoms with van der Waals surface area (Å²) in [5.74, 6) is -0.897. The van der Waals surface area contributed by atoms with E-state index in [1.807, 2.05) is 0 Å². The number of halogens is 2. The van der Waals surface area contributed by atoms with E-state index in [0.29, 0.717) is 30.2 Å². The Balaban J connectivity index is 1.84. The Bertz CT molecular complexity index is 1350. The van der Waals surface area contributed by atoms with Gasteiger partial charge in [0.15, 0.2) is 0 Å². The van der Waals surface area contributed by atoms with Crippen molar-refractivity contribution in [3.63, 3.8) is 0 Å². The number of nitro benzene ring substituents is 1. The van der Waals surface area contributed by atoms with Gasteiger partial charge in [0.05, 0.1) is 17.1 Å². The molecule has 2 saturated carbocycles. The van der Waals surface area contributed by atoms with Crippen LogP contribution in [0.15, 0.2) is 46.9 Å². The molecular weight excluding hydrogens is 681 g/mol. The van der Waals surface area contributed by atoms with E-state index in [4.69, 9.17) is 25.4 Å². The van der Waals surface area contributed by atoms with Crippen molar-refractivity contribution in [3.05, 3.63) is 73.2 Å². The minimum absolute atomic E-state index is 0.109. The lowest BCUT2D eigenvalue weighted by Gasteiger charge is -2.43. The van der Waals surface area contributed by atoms with Gasteiger partial charge in [-0.1, -0.05) is 94.0 Å². The maximum atomic E-state index is 15.6. The van der Waals surface area contributed by atoms with E-state index < -0.39 is 30.0 Å². The molecule has 8 nitrogen and oxygen atoms in total. The molecule has 0 radical (unpaired) electrons. The first-order valence-electron chi connectivity index (χ1n) is 16.0. The number of rotatable bonds is 11. The highest BCUT2D eigenvalue weighted by molar-refractivity contribution is 9.10. The van der Waals surface area contributed by atoms with E-state index in [1.165, 1.54) is 12.1 Å². The zero-order chi connectivity index (χ0) is 33.1. The van der Waals surface area contributed by atoms with Gasteiger partial charge in [-0.05, 0) is 85.5 Å². The standard InChI is InChI=1S/C34H46BrClNO7P/c1-20(2)27-14-7-22(5)17-31(27)43-45(41,44-32-18-23(6)8-15-28(32)21(3)4)34(24-9-11-25(35)12-10-24)42-33(38)29-16-13-26(36)19-30(29)37(39)40/h9-13,16,19-23,27-28,31-32,34H,7-8,14-15,17-18H2,1-6H3/t22-,23-,27-,28-,31-,32-,34+/m1/s1. The average molecular weight is 727 g/mol. The fourth-order valence-corrected chi connectivity index (χ4v) is 9.62. The number of nitro groups is 1. The molecule has 0 aromatic heterocycles. The Morgan fingerprint density at radius 3 is 1.89 bits per heavy atom. The maximum absolute atomic E-state index is 15.6. The van der Waals surface area contributed by atoms with Gasteiger partial charge in [-0.25, -0.2) is 4.79 Å². The maximum Gasteiger partial charge on any atom is 0.376 e. The van der Waals surface area contributed by atoms with Crippen molar-refractivity contribution < 1.29 is 28.1 Å². The summed E-state index contributed by atoms with van der Waals surface area (Å²) >= 11 is 9.49. The van der Waals surface area contributed by atoms with Gasteiger partial charge in [-0.3, -0.25) is 14.7 Å². The first-order chi connectivity index (χ1) is 21.2. The van der Waals surface area contributed by atoms with Crippen molar-refractivity contribution in [1.29, 1.82) is 0 Å². The molecule has 0 N–H and O–H groups in total.